The van der Waals surface area contributed by atoms with Crippen molar-refractivity contribution in [3.63, 3.8) is 0 Å². The van der Waals surface area contributed by atoms with Crippen LogP contribution in [0.4, 0.5) is 0 Å². The molecule has 2 fully saturated rings. The molecular weight excluding hydrogens is 266 g/mol. The molecule has 0 bridgehead atoms. The van der Waals surface area contributed by atoms with Gasteiger partial charge >= 0.3 is 0 Å². The monoisotopic (exact) mass is 289 g/mol. The Morgan fingerprint density at radius 1 is 1.29 bits per heavy atom. The SMILES string of the molecule is Cc1nc(C)c(CC(=O)N[C@H]2CC[C@@H]3CCC[C@@H]32)c(=O)[nH]1. The zero-order valence-corrected chi connectivity index (χ0v) is 12.7. The van der Waals surface area contributed by atoms with Gasteiger partial charge in [0.15, 0.2) is 0 Å². The normalized spacial score (nSPS) is 27.6. The van der Waals surface area contributed by atoms with Crippen LogP contribution >= 0.6 is 0 Å². The maximum atomic E-state index is 12.3. The molecule has 1 heterocycles. The van der Waals surface area contributed by atoms with Crippen LogP contribution < -0.4 is 10.9 Å². The number of carbonyl (C=O) groups is 1. The third-order valence-electron chi connectivity index (χ3n) is 5.11. The third kappa shape index (κ3) is 2.87. The van der Waals surface area contributed by atoms with Crippen molar-refractivity contribution < 1.29 is 4.79 Å². The third-order valence-corrected chi connectivity index (χ3v) is 5.11. The number of nitrogens with one attached hydrogen (secondary N) is 2. The van der Waals surface area contributed by atoms with E-state index in [-0.39, 0.29) is 17.9 Å². The summed E-state index contributed by atoms with van der Waals surface area (Å²) in [6.07, 6.45) is 6.30. The number of hydrogen-bond donors (Lipinski definition) is 2. The largest absolute Gasteiger partial charge is 0.353 e. The van der Waals surface area contributed by atoms with Crippen molar-refractivity contribution in [2.24, 2.45) is 11.8 Å². The van der Waals surface area contributed by atoms with Gasteiger partial charge in [-0.05, 0) is 44.9 Å². The average molecular weight is 289 g/mol. The lowest BCUT2D eigenvalue weighted by molar-refractivity contribution is -0.121. The Hall–Kier alpha value is -1.65. The van der Waals surface area contributed by atoms with E-state index >= 15 is 0 Å². The Bertz CT molecular complexity index is 608. The standard InChI is InChI=1S/C16H23N3O2/c1-9-13(16(21)18-10(2)17-9)8-15(20)19-14-7-6-11-4-3-5-12(11)14/h11-12,14H,3-8H2,1-2H3,(H,19,20)(H,17,18,21)/t11-,12-,14-/m0/s1. The molecule has 2 aliphatic carbocycles. The summed E-state index contributed by atoms with van der Waals surface area (Å²) in [7, 11) is 0. The molecule has 0 saturated heterocycles. The number of aromatic nitrogens is 2. The predicted octanol–water partition coefficient (Wildman–Crippen LogP) is 1.62. The van der Waals surface area contributed by atoms with Crippen LogP contribution in [0.25, 0.3) is 0 Å². The average Bonchev–Trinajstić information content (AvgIpc) is 2.99. The molecule has 2 saturated carbocycles. The molecule has 0 unspecified atom stereocenters. The summed E-state index contributed by atoms with van der Waals surface area (Å²) >= 11 is 0. The minimum Gasteiger partial charge on any atom is -0.353 e. The molecule has 3 rings (SSSR count). The molecule has 0 radical (unpaired) electrons. The van der Waals surface area contributed by atoms with Crippen LogP contribution in [0.15, 0.2) is 4.79 Å². The van der Waals surface area contributed by atoms with Gasteiger partial charge in [-0.2, -0.15) is 0 Å². The number of rotatable bonds is 3. The highest BCUT2D eigenvalue weighted by Crippen LogP contribution is 2.43. The molecule has 2 N–H and O–H groups in total. The molecule has 1 aromatic rings. The maximum absolute atomic E-state index is 12.3. The van der Waals surface area contributed by atoms with Crippen LogP contribution in [0.3, 0.4) is 0 Å². The van der Waals surface area contributed by atoms with Crippen LogP contribution in [0, 0.1) is 25.7 Å². The molecule has 0 aliphatic heterocycles. The molecule has 3 atom stereocenters. The van der Waals surface area contributed by atoms with Crippen LogP contribution in [0.5, 0.6) is 0 Å². The zero-order valence-electron chi connectivity index (χ0n) is 12.7. The number of carbonyl (C=O) groups excluding carboxylic acids is 1. The molecule has 21 heavy (non-hydrogen) atoms. The maximum Gasteiger partial charge on any atom is 0.254 e. The van der Waals surface area contributed by atoms with E-state index in [1.807, 2.05) is 0 Å². The van der Waals surface area contributed by atoms with E-state index in [1.165, 1.54) is 25.7 Å². The first-order chi connectivity index (χ1) is 10.0. The number of amides is 1. The fourth-order valence-corrected chi connectivity index (χ4v) is 4.12. The minimum absolute atomic E-state index is 0.0493. The van der Waals surface area contributed by atoms with E-state index in [0.29, 0.717) is 29.0 Å². The Labute approximate surface area is 124 Å². The van der Waals surface area contributed by atoms with Crippen molar-refractivity contribution >= 4 is 5.91 Å². The molecule has 1 amide bonds. The van der Waals surface area contributed by atoms with Gasteiger partial charge in [0.2, 0.25) is 5.91 Å². The molecule has 2 aliphatic rings. The van der Waals surface area contributed by atoms with Crippen molar-refractivity contribution in [1.82, 2.24) is 15.3 Å². The first kappa shape index (κ1) is 14.3. The Balaban J connectivity index is 1.66. The summed E-state index contributed by atoms with van der Waals surface area (Å²) in [6, 6.07) is 0.308. The topological polar surface area (TPSA) is 74.8 Å². The van der Waals surface area contributed by atoms with E-state index < -0.39 is 0 Å². The molecular formula is C16H23N3O2. The fourth-order valence-electron chi connectivity index (χ4n) is 4.12. The van der Waals surface area contributed by atoms with Gasteiger partial charge in [-0.15, -0.1) is 0 Å². The second-order valence-corrected chi connectivity index (χ2v) is 6.50. The highest BCUT2D eigenvalue weighted by molar-refractivity contribution is 5.79. The van der Waals surface area contributed by atoms with Crippen LogP contribution in [-0.2, 0) is 11.2 Å². The summed E-state index contributed by atoms with van der Waals surface area (Å²) in [6.45, 7) is 3.53. The zero-order chi connectivity index (χ0) is 15.0. The molecule has 0 aromatic carbocycles. The number of nitrogens with zero attached hydrogens (tertiary/aromatic N) is 1. The smallest absolute Gasteiger partial charge is 0.254 e. The second-order valence-electron chi connectivity index (χ2n) is 6.50. The fraction of sp³-hybridized carbons (Fsp3) is 0.688. The number of H-pyrrole nitrogens is 1. The summed E-state index contributed by atoms with van der Waals surface area (Å²) in [5.41, 5.74) is 0.941. The first-order valence-corrected chi connectivity index (χ1v) is 7.90. The second kappa shape index (κ2) is 5.62. The van der Waals surface area contributed by atoms with Gasteiger partial charge in [-0.1, -0.05) is 12.8 Å². The quantitative estimate of drug-likeness (QED) is 0.888. The highest BCUT2D eigenvalue weighted by atomic mass is 16.2. The number of aryl methyl sites for hydroxylation is 2. The van der Waals surface area contributed by atoms with Crippen molar-refractivity contribution in [3.05, 3.63) is 27.4 Å². The van der Waals surface area contributed by atoms with E-state index in [4.69, 9.17) is 0 Å². The summed E-state index contributed by atoms with van der Waals surface area (Å²) in [5.74, 6) is 2.00. The van der Waals surface area contributed by atoms with Crippen LogP contribution in [0.2, 0.25) is 0 Å². The van der Waals surface area contributed by atoms with Gasteiger partial charge in [0.05, 0.1) is 6.42 Å². The lowest BCUT2D eigenvalue weighted by Gasteiger charge is -2.20. The molecule has 1 aromatic heterocycles. The first-order valence-electron chi connectivity index (χ1n) is 7.90. The number of fused-ring (bicyclic) bond motifs is 1. The molecule has 114 valence electrons. The van der Waals surface area contributed by atoms with E-state index in [2.05, 4.69) is 15.3 Å². The van der Waals surface area contributed by atoms with Crippen LogP contribution in [-0.4, -0.2) is 21.9 Å². The predicted molar refractivity (Wildman–Crippen MR) is 80.0 cm³/mol. The van der Waals surface area contributed by atoms with Crippen molar-refractivity contribution in [1.29, 1.82) is 0 Å². The Morgan fingerprint density at radius 3 is 2.86 bits per heavy atom. The van der Waals surface area contributed by atoms with Crippen molar-refractivity contribution in [2.75, 3.05) is 0 Å². The lowest BCUT2D eigenvalue weighted by Crippen LogP contribution is -2.39. The van der Waals surface area contributed by atoms with Gasteiger partial charge in [-0.3, -0.25) is 9.59 Å². The minimum atomic E-state index is -0.194. The van der Waals surface area contributed by atoms with E-state index in [0.717, 1.165) is 12.3 Å². The van der Waals surface area contributed by atoms with E-state index in [1.54, 1.807) is 13.8 Å². The van der Waals surface area contributed by atoms with Crippen molar-refractivity contribution in [3.8, 4) is 0 Å². The summed E-state index contributed by atoms with van der Waals surface area (Å²) < 4.78 is 0. The summed E-state index contributed by atoms with van der Waals surface area (Å²) in [5, 5.41) is 3.15. The van der Waals surface area contributed by atoms with E-state index in [9.17, 15) is 9.59 Å². The van der Waals surface area contributed by atoms with Gasteiger partial charge in [-0.25, -0.2) is 4.98 Å². The molecule has 5 nitrogen and oxygen atoms in total. The summed E-state index contributed by atoms with van der Waals surface area (Å²) in [4.78, 5) is 31.1. The number of hydrogen-bond acceptors (Lipinski definition) is 3. The highest BCUT2D eigenvalue weighted by Gasteiger charge is 2.39. The van der Waals surface area contributed by atoms with Gasteiger partial charge < -0.3 is 10.3 Å². The van der Waals surface area contributed by atoms with Crippen LogP contribution in [0.1, 0.15) is 49.2 Å². The Kier molecular flexibility index (Phi) is 3.83. The lowest BCUT2D eigenvalue weighted by atomic mass is 9.97. The molecule has 5 heteroatoms. The van der Waals surface area contributed by atoms with Gasteiger partial charge in [0.25, 0.3) is 5.56 Å². The van der Waals surface area contributed by atoms with Gasteiger partial charge in [0, 0.05) is 17.3 Å². The van der Waals surface area contributed by atoms with Gasteiger partial charge in [0.1, 0.15) is 5.82 Å². The molecule has 0 spiro atoms. The Morgan fingerprint density at radius 2 is 2.10 bits per heavy atom. The van der Waals surface area contributed by atoms with Crippen molar-refractivity contribution in [2.45, 2.75) is 58.4 Å². The number of aromatic amines is 1.